The van der Waals surface area contributed by atoms with E-state index in [1.165, 1.54) is 0 Å². The number of hydrogen-bond donors (Lipinski definition) is 1. The van der Waals surface area contributed by atoms with Crippen molar-refractivity contribution in [1.29, 1.82) is 0 Å². The summed E-state index contributed by atoms with van der Waals surface area (Å²) in [6.45, 7) is 3.44. The lowest BCUT2D eigenvalue weighted by Gasteiger charge is -2.16. The molecule has 0 aliphatic heterocycles. The molecule has 1 aromatic carbocycles. The van der Waals surface area contributed by atoms with Crippen LogP contribution in [0.2, 0.25) is 5.02 Å². The molecule has 0 aromatic heterocycles. The first-order valence-corrected chi connectivity index (χ1v) is 7.76. The second-order valence-electron chi connectivity index (χ2n) is 5.55. The molecule has 0 fully saturated rings. The Morgan fingerprint density at radius 2 is 2.23 bits per heavy atom. The molecule has 0 radical (unpaired) electrons. The van der Waals surface area contributed by atoms with E-state index in [1.807, 2.05) is 19.1 Å². The molecule has 0 saturated heterocycles. The fourth-order valence-corrected chi connectivity index (χ4v) is 2.51. The summed E-state index contributed by atoms with van der Waals surface area (Å²) in [5, 5.41) is 3.28. The van der Waals surface area contributed by atoms with E-state index in [2.05, 4.69) is 11.4 Å². The molecule has 2 rings (SSSR count). The van der Waals surface area contributed by atoms with E-state index in [4.69, 9.17) is 16.3 Å². The minimum atomic E-state index is -0.837. The van der Waals surface area contributed by atoms with Gasteiger partial charge in [0.15, 0.2) is 6.10 Å². The first kappa shape index (κ1) is 16.6. The highest BCUT2D eigenvalue weighted by atomic mass is 35.5. The van der Waals surface area contributed by atoms with Crippen LogP contribution in [0.3, 0.4) is 0 Å². The highest BCUT2D eigenvalue weighted by molar-refractivity contribution is 6.31. The van der Waals surface area contributed by atoms with Crippen molar-refractivity contribution in [3.63, 3.8) is 0 Å². The van der Waals surface area contributed by atoms with Gasteiger partial charge >= 0.3 is 5.97 Å². The predicted molar refractivity (Wildman–Crippen MR) is 86.9 cm³/mol. The molecule has 0 heterocycles. The minimum Gasteiger partial charge on any atom is -0.453 e. The number of ether oxygens (including phenoxy) is 1. The van der Waals surface area contributed by atoms with Gasteiger partial charge in [0.05, 0.1) is 6.42 Å². The number of benzene rings is 1. The van der Waals surface area contributed by atoms with Crippen LogP contribution in [0.1, 0.15) is 31.7 Å². The first-order valence-electron chi connectivity index (χ1n) is 7.39. The molecule has 1 amide bonds. The number of hydrogen-bond acceptors (Lipinski definition) is 3. The Bertz CT molecular complexity index is 598. The van der Waals surface area contributed by atoms with Crippen LogP contribution in [-0.2, 0) is 14.3 Å². The number of allylic oxidation sites excluding steroid dienone is 2. The van der Waals surface area contributed by atoms with E-state index < -0.39 is 6.10 Å². The number of nitrogens with one attached hydrogen (secondary N) is 1. The topological polar surface area (TPSA) is 55.4 Å². The fraction of sp³-hybridized carbons (Fsp3) is 0.412. The second kappa shape index (κ2) is 7.45. The van der Waals surface area contributed by atoms with E-state index in [1.54, 1.807) is 19.1 Å². The molecular weight excluding hydrogens is 302 g/mol. The zero-order valence-corrected chi connectivity index (χ0v) is 13.5. The molecule has 4 nitrogen and oxygen atoms in total. The van der Waals surface area contributed by atoms with Gasteiger partial charge in [-0.3, -0.25) is 9.59 Å². The quantitative estimate of drug-likeness (QED) is 0.661. The van der Waals surface area contributed by atoms with Crippen molar-refractivity contribution in [2.24, 2.45) is 5.92 Å². The van der Waals surface area contributed by atoms with Crippen molar-refractivity contribution in [2.75, 3.05) is 5.32 Å². The largest absolute Gasteiger partial charge is 0.453 e. The molecule has 2 atom stereocenters. The third-order valence-corrected chi connectivity index (χ3v) is 3.91. The van der Waals surface area contributed by atoms with Gasteiger partial charge in [-0.1, -0.05) is 29.8 Å². The van der Waals surface area contributed by atoms with Crippen LogP contribution < -0.4 is 5.32 Å². The number of esters is 1. The molecule has 0 saturated carbocycles. The minimum absolute atomic E-state index is 0.234. The highest BCUT2D eigenvalue weighted by Crippen LogP contribution is 2.22. The lowest BCUT2D eigenvalue weighted by atomic mass is 10.1. The first-order chi connectivity index (χ1) is 10.5. The maximum absolute atomic E-state index is 12.1. The van der Waals surface area contributed by atoms with Crippen LogP contribution in [0.4, 0.5) is 5.69 Å². The van der Waals surface area contributed by atoms with Gasteiger partial charge in [0.1, 0.15) is 0 Å². The van der Waals surface area contributed by atoms with Crippen LogP contribution in [0, 0.1) is 12.8 Å². The second-order valence-corrected chi connectivity index (χ2v) is 5.99. The number of halogens is 1. The van der Waals surface area contributed by atoms with E-state index in [9.17, 15) is 9.59 Å². The molecule has 118 valence electrons. The SMILES string of the molecule is Cc1ccc(Cl)cc1NC(=O)[C@@H](C)OC(=O)C[C@@H]1C=CCC1. The summed E-state index contributed by atoms with van der Waals surface area (Å²) in [5.41, 5.74) is 1.52. The third-order valence-electron chi connectivity index (χ3n) is 3.68. The standard InChI is InChI=1S/C17H20ClNO3/c1-11-7-8-14(18)10-15(11)19-17(21)12(2)22-16(20)9-13-5-3-4-6-13/h3,5,7-8,10,12-13H,4,6,9H2,1-2H3,(H,19,21)/t12-,13-/m1/s1. The fourth-order valence-electron chi connectivity index (χ4n) is 2.34. The van der Waals surface area contributed by atoms with E-state index >= 15 is 0 Å². The Hall–Kier alpha value is -1.81. The van der Waals surface area contributed by atoms with Crippen LogP contribution in [0.5, 0.6) is 0 Å². The third kappa shape index (κ3) is 4.60. The summed E-state index contributed by atoms with van der Waals surface area (Å²) in [4.78, 5) is 23.9. The van der Waals surface area contributed by atoms with Crippen molar-refractivity contribution in [2.45, 2.75) is 39.2 Å². The number of carbonyl (C=O) groups excluding carboxylic acids is 2. The molecule has 1 aliphatic carbocycles. The lowest BCUT2D eigenvalue weighted by molar-refractivity contribution is -0.153. The van der Waals surface area contributed by atoms with Gasteiger partial charge in [-0.25, -0.2) is 0 Å². The number of carbonyl (C=O) groups is 2. The Balaban J connectivity index is 1.87. The summed E-state index contributed by atoms with van der Waals surface area (Å²) in [6.07, 6.45) is 5.55. The monoisotopic (exact) mass is 321 g/mol. The summed E-state index contributed by atoms with van der Waals surface area (Å²) in [7, 11) is 0. The smallest absolute Gasteiger partial charge is 0.307 e. The van der Waals surface area contributed by atoms with Gasteiger partial charge < -0.3 is 10.1 Å². The maximum Gasteiger partial charge on any atom is 0.307 e. The summed E-state index contributed by atoms with van der Waals surface area (Å²) >= 11 is 5.92. The normalized spacial score (nSPS) is 18.0. The van der Waals surface area contributed by atoms with E-state index in [-0.39, 0.29) is 17.8 Å². The van der Waals surface area contributed by atoms with E-state index in [0.29, 0.717) is 17.1 Å². The summed E-state index contributed by atoms with van der Waals surface area (Å²) in [6, 6.07) is 5.25. The molecular formula is C17H20ClNO3. The van der Waals surface area contributed by atoms with E-state index in [0.717, 1.165) is 18.4 Å². The van der Waals surface area contributed by atoms with Gasteiger partial charge in [0, 0.05) is 10.7 Å². The van der Waals surface area contributed by atoms with Gasteiger partial charge in [-0.2, -0.15) is 0 Å². The van der Waals surface area contributed by atoms with Crippen molar-refractivity contribution in [3.05, 3.63) is 40.9 Å². The maximum atomic E-state index is 12.1. The van der Waals surface area contributed by atoms with Crippen LogP contribution in [0.25, 0.3) is 0 Å². The Kier molecular flexibility index (Phi) is 5.61. The molecule has 0 bridgehead atoms. The zero-order chi connectivity index (χ0) is 16.1. The number of amides is 1. The van der Waals surface area contributed by atoms with Crippen molar-refractivity contribution < 1.29 is 14.3 Å². The lowest BCUT2D eigenvalue weighted by Crippen LogP contribution is -2.30. The van der Waals surface area contributed by atoms with Crippen LogP contribution in [-0.4, -0.2) is 18.0 Å². The van der Waals surface area contributed by atoms with Gasteiger partial charge in [-0.15, -0.1) is 0 Å². The highest BCUT2D eigenvalue weighted by Gasteiger charge is 2.21. The molecule has 1 aromatic rings. The molecule has 1 N–H and O–H groups in total. The molecule has 22 heavy (non-hydrogen) atoms. The van der Waals surface area contributed by atoms with Gasteiger partial charge in [0.25, 0.3) is 5.91 Å². The molecule has 5 heteroatoms. The number of aryl methyl sites for hydroxylation is 1. The van der Waals surface area contributed by atoms with Gasteiger partial charge in [-0.05, 0) is 50.3 Å². The van der Waals surface area contributed by atoms with Gasteiger partial charge in [0.2, 0.25) is 0 Å². The predicted octanol–water partition coefficient (Wildman–Crippen LogP) is 3.87. The summed E-state index contributed by atoms with van der Waals surface area (Å²) < 4.78 is 5.20. The van der Waals surface area contributed by atoms with Crippen molar-refractivity contribution >= 4 is 29.2 Å². The average Bonchev–Trinajstić information content (AvgIpc) is 2.95. The summed E-state index contributed by atoms with van der Waals surface area (Å²) in [5.74, 6) is -0.472. The number of rotatable bonds is 5. The Morgan fingerprint density at radius 3 is 2.91 bits per heavy atom. The zero-order valence-electron chi connectivity index (χ0n) is 12.8. The van der Waals surface area contributed by atoms with Crippen LogP contribution in [0.15, 0.2) is 30.4 Å². The van der Waals surface area contributed by atoms with Crippen molar-refractivity contribution in [3.8, 4) is 0 Å². The molecule has 1 aliphatic rings. The Morgan fingerprint density at radius 1 is 1.45 bits per heavy atom. The van der Waals surface area contributed by atoms with Crippen molar-refractivity contribution in [1.82, 2.24) is 0 Å². The average molecular weight is 322 g/mol. The molecule has 0 unspecified atom stereocenters. The molecule has 0 spiro atoms. The number of anilines is 1. The Labute approximate surface area is 135 Å². The van der Waals surface area contributed by atoms with Crippen LogP contribution >= 0.6 is 11.6 Å².